The van der Waals surface area contributed by atoms with Crippen LogP contribution >= 0.6 is 0 Å². The number of aromatic nitrogens is 2. The van der Waals surface area contributed by atoms with Crippen molar-refractivity contribution in [2.24, 2.45) is 0 Å². The number of rotatable bonds is 5. The lowest BCUT2D eigenvalue weighted by Crippen LogP contribution is -2.19. The van der Waals surface area contributed by atoms with Gasteiger partial charge in [-0.05, 0) is 28.2 Å². The van der Waals surface area contributed by atoms with E-state index in [1.807, 2.05) is 54.6 Å². The Morgan fingerprint density at radius 1 is 1.04 bits per heavy atom. The number of nitrogens with one attached hydrogen (secondary N) is 1. The predicted octanol–water partition coefficient (Wildman–Crippen LogP) is 3.10. The summed E-state index contributed by atoms with van der Waals surface area (Å²) in [6.45, 7) is -0.0890. The lowest BCUT2D eigenvalue weighted by atomic mass is 10.1. The Morgan fingerprint density at radius 3 is 2.33 bits per heavy atom. The Kier molecular flexibility index (Phi) is 4.33. The Hall–Kier alpha value is -3.48. The Bertz CT molecular complexity index is 857. The molecule has 0 radical (unpaired) electrons. The van der Waals surface area contributed by atoms with Crippen molar-refractivity contribution >= 4 is 17.4 Å². The van der Waals surface area contributed by atoms with E-state index < -0.39 is 4.92 Å². The van der Waals surface area contributed by atoms with Gasteiger partial charge in [-0.25, -0.2) is 0 Å². The first-order chi connectivity index (χ1) is 11.6. The van der Waals surface area contributed by atoms with Crippen molar-refractivity contribution in [2.75, 3.05) is 5.32 Å². The van der Waals surface area contributed by atoms with Crippen LogP contribution < -0.4 is 5.32 Å². The fourth-order valence-electron chi connectivity index (χ4n) is 2.26. The zero-order valence-electron chi connectivity index (χ0n) is 12.6. The Balaban J connectivity index is 1.63. The maximum atomic E-state index is 12.0. The van der Waals surface area contributed by atoms with Crippen LogP contribution in [0.15, 0.2) is 66.9 Å². The van der Waals surface area contributed by atoms with Crippen molar-refractivity contribution in [3.05, 3.63) is 77.0 Å². The normalized spacial score (nSPS) is 10.3. The molecule has 3 aromatic rings. The molecule has 0 saturated heterocycles. The topological polar surface area (TPSA) is 90.1 Å². The molecule has 0 spiro atoms. The second-order valence-corrected chi connectivity index (χ2v) is 5.12. The number of nitro groups is 1. The number of hydrogen-bond donors (Lipinski definition) is 1. The van der Waals surface area contributed by atoms with Crippen LogP contribution in [-0.4, -0.2) is 20.6 Å². The summed E-state index contributed by atoms with van der Waals surface area (Å²) >= 11 is 0. The minimum atomic E-state index is -0.600. The average molecular weight is 322 g/mol. The summed E-state index contributed by atoms with van der Waals surface area (Å²) in [7, 11) is 0. The van der Waals surface area contributed by atoms with Crippen LogP contribution in [0, 0.1) is 10.1 Å². The van der Waals surface area contributed by atoms with Crippen molar-refractivity contribution in [2.45, 2.75) is 6.54 Å². The van der Waals surface area contributed by atoms with Crippen LogP contribution in [0.1, 0.15) is 0 Å². The second kappa shape index (κ2) is 6.74. The van der Waals surface area contributed by atoms with E-state index in [1.54, 1.807) is 0 Å². The molecule has 1 amide bonds. The number of benzene rings is 2. The first kappa shape index (κ1) is 15.4. The van der Waals surface area contributed by atoms with Crippen molar-refractivity contribution in [3.63, 3.8) is 0 Å². The smallest absolute Gasteiger partial charge is 0.358 e. The fraction of sp³-hybridized carbons (Fsp3) is 0.0588. The summed E-state index contributed by atoms with van der Waals surface area (Å²) in [5.74, 6) is -0.588. The highest BCUT2D eigenvalue weighted by atomic mass is 16.6. The van der Waals surface area contributed by atoms with Crippen molar-refractivity contribution in [1.82, 2.24) is 9.78 Å². The molecule has 0 aliphatic rings. The van der Waals surface area contributed by atoms with E-state index in [4.69, 9.17) is 0 Å². The quantitative estimate of drug-likeness (QED) is 0.577. The van der Waals surface area contributed by atoms with Gasteiger partial charge in [-0.3, -0.25) is 4.79 Å². The highest BCUT2D eigenvalue weighted by Gasteiger charge is 2.13. The molecule has 1 N–H and O–H groups in total. The minimum Gasteiger partial charge on any atom is -0.358 e. The number of nitrogens with zero attached hydrogens (tertiary/aromatic N) is 3. The average Bonchev–Trinajstić information content (AvgIpc) is 3.05. The Morgan fingerprint density at radius 2 is 1.71 bits per heavy atom. The molecule has 1 heterocycles. The van der Waals surface area contributed by atoms with Crippen LogP contribution in [0.5, 0.6) is 0 Å². The molecular formula is C17H14N4O3. The highest BCUT2D eigenvalue weighted by Crippen LogP contribution is 2.21. The molecular weight excluding hydrogens is 308 g/mol. The monoisotopic (exact) mass is 322 g/mol. The number of anilines is 1. The van der Waals surface area contributed by atoms with Crippen molar-refractivity contribution < 1.29 is 9.72 Å². The number of amides is 1. The minimum absolute atomic E-state index is 0.0890. The summed E-state index contributed by atoms with van der Waals surface area (Å²) < 4.78 is 1.23. The molecule has 0 fully saturated rings. The lowest BCUT2D eigenvalue weighted by Gasteiger charge is -2.06. The largest absolute Gasteiger partial charge is 0.389 e. The number of carbonyl (C=O) groups excluding carboxylic acids is 1. The molecule has 0 bridgehead atoms. The Labute approximate surface area is 137 Å². The maximum absolute atomic E-state index is 12.0. The van der Waals surface area contributed by atoms with Crippen LogP contribution in [-0.2, 0) is 11.3 Å². The van der Waals surface area contributed by atoms with Gasteiger partial charge in [0.15, 0.2) is 0 Å². The van der Waals surface area contributed by atoms with Gasteiger partial charge in [0.05, 0.1) is 17.4 Å². The van der Waals surface area contributed by atoms with Crippen LogP contribution in [0.4, 0.5) is 11.5 Å². The van der Waals surface area contributed by atoms with Gasteiger partial charge < -0.3 is 15.4 Å². The van der Waals surface area contributed by atoms with Crippen molar-refractivity contribution in [1.29, 1.82) is 0 Å². The fourth-order valence-corrected chi connectivity index (χ4v) is 2.26. The molecule has 1 aromatic heterocycles. The maximum Gasteiger partial charge on any atom is 0.389 e. The van der Waals surface area contributed by atoms with Crippen LogP contribution in [0.3, 0.4) is 0 Å². The standard InChI is InChI=1S/C17H14N4O3/c22-17(12-20-11-10-16(19-20)21(23)24)18-15-8-6-14(7-9-15)13-4-2-1-3-5-13/h1-11H,12H2,(H,18,22). The van der Waals surface area contributed by atoms with E-state index in [0.717, 1.165) is 11.1 Å². The summed E-state index contributed by atoms with van der Waals surface area (Å²) in [6, 6.07) is 18.6. The van der Waals surface area contributed by atoms with E-state index in [-0.39, 0.29) is 18.3 Å². The summed E-state index contributed by atoms with van der Waals surface area (Å²) in [5.41, 5.74) is 2.80. The van der Waals surface area contributed by atoms with E-state index >= 15 is 0 Å². The molecule has 0 unspecified atom stereocenters. The zero-order chi connectivity index (χ0) is 16.9. The predicted molar refractivity (Wildman–Crippen MR) is 89.4 cm³/mol. The van der Waals surface area contributed by atoms with Gasteiger partial charge in [0.25, 0.3) is 0 Å². The van der Waals surface area contributed by atoms with Gasteiger partial charge >= 0.3 is 5.82 Å². The van der Waals surface area contributed by atoms with E-state index in [0.29, 0.717) is 5.69 Å². The molecule has 2 aromatic carbocycles. The molecule has 24 heavy (non-hydrogen) atoms. The van der Waals surface area contributed by atoms with Gasteiger partial charge in [0.2, 0.25) is 5.91 Å². The van der Waals surface area contributed by atoms with E-state index in [1.165, 1.54) is 16.9 Å². The zero-order valence-corrected chi connectivity index (χ0v) is 12.6. The summed E-state index contributed by atoms with van der Waals surface area (Å²) in [5, 5.41) is 17.0. The first-order valence-corrected chi connectivity index (χ1v) is 7.25. The SMILES string of the molecule is O=C(Cn1ccc([N+](=O)[O-])n1)Nc1ccc(-c2ccccc2)cc1. The van der Waals surface area contributed by atoms with Gasteiger partial charge in [0, 0.05) is 5.69 Å². The summed E-state index contributed by atoms with van der Waals surface area (Å²) in [4.78, 5) is 21.9. The highest BCUT2D eigenvalue weighted by molar-refractivity contribution is 5.90. The van der Waals surface area contributed by atoms with E-state index in [2.05, 4.69) is 10.4 Å². The summed E-state index contributed by atoms with van der Waals surface area (Å²) in [6.07, 6.45) is 1.40. The van der Waals surface area contributed by atoms with E-state index in [9.17, 15) is 14.9 Å². The van der Waals surface area contributed by atoms with Crippen LogP contribution in [0.2, 0.25) is 0 Å². The number of carbonyl (C=O) groups is 1. The molecule has 0 atom stereocenters. The second-order valence-electron chi connectivity index (χ2n) is 5.12. The molecule has 0 saturated carbocycles. The molecule has 0 aliphatic heterocycles. The first-order valence-electron chi connectivity index (χ1n) is 7.25. The molecule has 3 rings (SSSR count). The van der Waals surface area contributed by atoms with Gasteiger partial charge in [-0.15, -0.1) is 0 Å². The molecule has 0 aliphatic carbocycles. The lowest BCUT2D eigenvalue weighted by molar-refractivity contribution is -0.389. The molecule has 7 nitrogen and oxygen atoms in total. The van der Waals surface area contributed by atoms with Crippen LogP contribution in [0.25, 0.3) is 11.1 Å². The third-order valence-electron chi connectivity index (χ3n) is 3.40. The molecule has 7 heteroatoms. The number of hydrogen-bond acceptors (Lipinski definition) is 4. The van der Waals surface area contributed by atoms with Gasteiger partial charge in [0.1, 0.15) is 6.54 Å². The molecule has 120 valence electrons. The van der Waals surface area contributed by atoms with Crippen molar-refractivity contribution in [3.8, 4) is 11.1 Å². The van der Waals surface area contributed by atoms with Gasteiger partial charge in [-0.1, -0.05) is 42.5 Å². The third-order valence-corrected chi connectivity index (χ3v) is 3.40. The third kappa shape index (κ3) is 3.64. The van der Waals surface area contributed by atoms with Gasteiger partial charge in [-0.2, -0.15) is 4.68 Å².